The number of carbonyl (C=O) groups excluding carboxylic acids is 1. The number of carboxylic acid groups (broad SMARTS) is 2. The molecule has 0 fully saturated rings. The van der Waals surface area contributed by atoms with Crippen LogP contribution in [0.3, 0.4) is 0 Å². The van der Waals surface area contributed by atoms with Crippen molar-refractivity contribution >= 4 is 17.8 Å². The van der Waals surface area contributed by atoms with Crippen LogP contribution < -0.4 is 5.32 Å². The Kier molecular flexibility index (Phi) is 33.8. The molecule has 0 saturated carbocycles. The van der Waals surface area contributed by atoms with Gasteiger partial charge in [-0.1, -0.05) is 0 Å². The number of carboxylic acids is 2. The number of aliphatic carboxylic acids is 2. The third kappa shape index (κ3) is 38.0. The Morgan fingerprint density at radius 3 is 0.955 bits per heavy atom. The average molecular weight is 646 g/mol. The number of carbonyl (C=O) groups is 3. The second kappa shape index (κ2) is 35.4. The molecule has 0 aromatic rings. The molecule has 0 bridgehead atoms. The molecule has 0 aliphatic heterocycles. The van der Waals surface area contributed by atoms with Crippen molar-refractivity contribution in [3.63, 3.8) is 0 Å². The van der Waals surface area contributed by atoms with Gasteiger partial charge in [0.2, 0.25) is 5.91 Å². The van der Waals surface area contributed by atoms with Gasteiger partial charge in [0.15, 0.2) is 0 Å². The smallest absolute Gasteiger partial charge is 0.329 e. The minimum Gasteiger partial charge on any atom is -0.481 e. The van der Waals surface area contributed by atoms with Crippen molar-refractivity contribution in [3.05, 3.63) is 0 Å². The van der Waals surface area contributed by atoms with Crippen LogP contribution in [0.2, 0.25) is 0 Å². The van der Waals surface area contributed by atoms with E-state index in [0.29, 0.717) is 132 Å². The average Bonchev–Trinajstić information content (AvgIpc) is 2.99. The highest BCUT2D eigenvalue weighted by Gasteiger charge is 2.03. The van der Waals surface area contributed by atoms with Crippen LogP contribution in [0.4, 0.5) is 0 Å². The van der Waals surface area contributed by atoms with Crippen molar-refractivity contribution in [3.8, 4) is 0 Å². The fraction of sp³-hybridized carbons (Fsp3) is 0.889. The summed E-state index contributed by atoms with van der Waals surface area (Å²) in [5, 5.41) is 19.4. The Balaban J connectivity index is 3.09. The van der Waals surface area contributed by atoms with E-state index in [9.17, 15) is 14.4 Å². The molecule has 0 atom stereocenters. The van der Waals surface area contributed by atoms with Crippen molar-refractivity contribution in [1.82, 2.24) is 5.32 Å². The van der Waals surface area contributed by atoms with Crippen molar-refractivity contribution in [2.75, 3.05) is 152 Å². The molecule has 1 amide bonds. The summed E-state index contributed by atoms with van der Waals surface area (Å²) in [6, 6.07) is 0. The van der Waals surface area contributed by atoms with E-state index < -0.39 is 24.5 Å². The molecule has 0 aromatic heterocycles. The SMILES string of the molecule is O=C(O)CCOCCOCCOCCOCCOCCOCCOCCOCCOCCOCCNC(=O)COCC(=O)O. The quantitative estimate of drug-likeness (QED) is 0.0682. The zero-order valence-corrected chi connectivity index (χ0v) is 25.6. The Labute approximate surface area is 258 Å². The van der Waals surface area contributed by atoms with Gasteiger partial charge >= 0.3 is 11.9 Å². The van der Waals surface area contributed by atoms with Gasteiger partial charge in [0.05, 0.1) is 139 Å². The molecular formula is C27H51NO16. The largest absolute Gasteiger partial charge is 0.481 e. The minimum absolute atomic E-state index is 0.0110. The molecule has 260 valence electrons. The van der Waals surface area contributed by atoms with Crippen LogP contribution in [-0.2, 0) is 66.5 Å². The second-order valence-electron chi connectivity index (χ2n) is 8.50. The Morgan fingerprint density at radius 1 is 0.364 bits per heavy atom. The van der Waals surface area contributed by atoms with Crippen molar-refractivity contribution in [2.45, 2.75) is 6.42 Å². The maximum absolute atomic E-state index is 11.3. The van der Waals surface area contributed by atoms with E-state index >= 15 is 0 Å². The first-order chi connectivity index (χ1) is 21.5. The predicted octanol–water partition coefficient (Wildman–Crippen LogP) is -1.16. The Morgan fingerprint density at radius 2 is 0.659 bits per heavy atom. The van der Waals surface area contributed by atoms with Gasteiger partial charge < -0.3 is 67.6 Å². The number of nitrogens with one attached hydrogen (secondary N) is 1. The van der Waals surface area contributed by atoms with Gasteiger partial charge in [0, 0.05) is 6.54 Å². The van der Waals surface area contributed by atoms with Gasteiger partial charge in [0.25, 0.3) is 0 Å². The fourth-order valence-electron chi connectivity index (χ4n) is 2.79. The highest BCUT2D eigenvalue weighted by Crippen LogP contribution is 1.87. The standard InChI is InChI=1S/C27H51NO16/c29-25(23-44-24-27(32)33)28-2-4-35-6-8-37-10-12-39-14-16-41-18-20-43-22-21-42-19-17-40-15-13-38-11-9-36-7-5-34-3-1-26(30)31/h1-24H2,(H,28,29)(H,30,31)(H,32,33). The van der Waals surface area contributed by atoms with E-state index in [1.807, 2.05) is 0 Å². The molecule has 3 N–H and O–H groups in total. The third-order valence-corrected chi connectivity index (χ3v) is 4.84. The first-order valence-corrected chi connectivity index (χ1v) is 14.6. The van der Waals surface area contributed by atoms with Crippen molar-refractivity contribution in [1.29, 1.82) is 0 Å². The number of hydrogen-bond donors (Lipinski definition) is 3. The van der Waals surface area contributed by atoms with Gasteiger partial charge in [-0.25, -0.2) is 4.79 Å². The molecule has 0 heterocycles. The van der Waals surface area contributed by atoms with E-state index in [2.05, 4.69) is 10.1 Å². The molecule has 44 heavy (non-hydrogen) atoms. The zero-order chi connectivity index (χ0) is 32.2. The van der Waals surface area contributed by atoms with E-state index in [4.69, 9.17) is 57.6 Å². The number of ether oxygens (including phenoxy) is 11. The van der Waals surface area contributed by atoms with E-state index in [1.54, 1.807) is 0 Å². The summed E-state index contributed by atoms with van der Waals surface area (Å²) in [4.78, 5) is 31.9. The van der Waals surface area contributed by atoms with E-state index in [1.165, 1.54) is 0 Å². The molecule has 0 radical (unpaired) electrons. The molecule has 17 nitrogen and oxygen atoms in total. The predicted molar refractivity (Wildman–Crippen MR) is 152 cm³/mol. The highest BCUT2D eigenvalue weighted by atomic mass is 16.6. The molecule has 0 spiro atoms. The van der Waals surface area contributed by atoms with Crippen LogP contribution in [0.15, 0.2) is 0 Å². The lowest BCUT2D eigenvalue weighted by Gasteiger charge is -2.09. The van der Waals surface area contributed by atoms with Crippen molar-refractivity contribution in [2.24, 2.45) is 0 Å². The van der Waals surface area contributed by atoms with Crippen LogP contribution in [0.5, 0.6) is 0 Å². The summed E-state index contributed by atoms with van der Waals surface area (Å²) >= 11 is 0. The lowest BCUT2D eigenvalue weighted by molar-refractivity contribution is -0.143. The summed E-state index contributed by atoms with van der Waals surface area (Å²) in [5.41, 5.74) is 0. The molecular weight excluding hydrogens is 594 g/mol. The first-order valence-electron chi connectivity index (χ1n) is 14.6. The Bertz CT molecular complexity index is 657. The van der Waals surface area contributed by atoms with Crippen LogP contribution in [0, 0.1) is 0 Å². The summed E-state index contributed by atoms with van der Waals surface area (Å²) in [6.07, 6.45) is -0.0110. The van der Waals surface area contributed by atoms with E-state index in [-0.39, 0.29) is 19.6 Å². The first kappa shape index (κ1) is 42.0. The maximum Gasteiger partial charge on any atom is 0.329 e. The van der Waals surface area contributed by atoms with Gasteiger partial charge in [-0.15, -0.1) is 0 Å². The highest BCUT2D eigenvalue weighted by molar-refractivity contribution is 5.77. The summed E-state index contributed by atoms with van der Waals surface area (Å²) in [5.74, 6) is -2.41. The number of amides is 1. The van der Waals surface area contributed by atoms with Crippen LogP contribution in [0.25, 0.3) is 0 Å². The zero-order valence-electron chi connectivity index (χ0n) is 25.6. The summed E-state index contributed by atoms with van der Waals surface area (Å²) in [6.45, 7) is 7.84. The van der Waals surface area contributed by atoms with Gasteiger partial charge in [-0.3, -0.25) is 9.59 Å². The third-order valence-electron chi connectivity index (χ3n) is 4.84. The van der Waals surface area contributed by atoms with E-state index in [0.717, 1.165) is 0 Å². The van der Waals surface area contributed by atoms with Gasteiger partial charge in [-0.2, -0.15) is 0 Å². The lowest BCUT2D eigenvalue weighted by Crippen LogP contribution is -2.31. The molecule has 0 saturated heterocycles. The molecule has 0 aliphatic carbocycles. The summed E-state index contributed by atoms with van der Waals surface area (Å²) < 4.78 is 58.2. The fourth-order valence-corrected chi connectivity index (χ4v) is 2.79. The molecule has 0 aliphatic rings. The number of rotatable bonds is 37. The maximum atomic E-state index is 11.3. The number of hydrogen-bond acceptors (Lipinski definition) is 14. The second-order valence-corrected chi connectivity index (χ2v) is 8.50. The lowest BCUT2D eigenvalue weighted by atomic mass is 10.5. The molecule has 0 rings (SSSR count). The minimum atomic E-state index is -1.13. The molecule has 0 unspecified atom stereocenters. The molecule has 0 aromatic carbocycles. The van der Waals surface area contributed by atoms with Crippen molar-refractivity contribution < 1.29 is 76.7 Å². The van der Waals surface area contributed by atoms with Crippen LogP contribution in [-0.4, -0.2) is 180 Å². The monoisotopic (exact) mass is 645 g/mol. The van der Waals surface area contributed by atoms with Gasteiger partial charge in [0.1, 0.15) is 13.2 Å². The topological polar surface area (TPSA) is 205 Å². The molecule has 17 heteroatoms. The summed E-state index contributed by atoms with van der Waals surface area (Å²) in [7, 11) is 0. The Hall–Kier alpha value is -2.03. The normalized spacial score (nSPS) is 11.2. The van der Waals surface area contributed by atoms with Crippen LogP contribution >= 0.6 is 0 Å². The van der Waals surface area contributed by atoms with Crippen LogP contribution in [0.1, 0.15) is 6.42 Å². The van der Waals surface area contributed by atoms with Gasteiger partial charge in [-0.05, 0) is 0 Å².